The zero-order valence-electron chi connectivity index (χ0n) is 12.9. The minimum atomic E-state index is -0.138. The fraction of sp³-hybridized carbons (Fsp3) is 0.333. The van der Waals surface area contributed by atoms with E-state index in [0.717, 1.165) is 24.2 Å². The van der Waals surface area contributed by atoms with Crippen LogP contribution in [-0.2, 0) is 24.3 Å². The maximum atomic E-state index is 12.2. The van der Waals surface area contributed by atoms with Crippen molar-refractivity contribution in [1.29, 1.82) is 0 Å². The minimum absolute atomic E-state index is 0.0422. The Balaban J connectivity index is 1.36. The number of tetrazole rings is 1. The highest BCUT2D eigenvalue weighted by atomic mass is 16.2. The lowest BCUT2D eigenvalue weighted by molar-refractivity contribution is -0.123. The van der Waals surface area contributed by atoms with Crippen molar-refractivity contribution in [3.8, 4) is 11.4 Å². The Morgan fingerprint density at radius 1 is 1.29 bits per heavy atom. The standard InChI is InChI=1S/C15H16N8O/c24-14(18-12-6-7-13-16-10-17-22(13)8-12)9-23-20-15(19-21-23)11-4-2-1-3-5-11/h1-5,10,12H,6-9H2,(H,18,24). The number of nitrogens with one attached hydrogen (secondary N) is 1. The van der Waals surface area contributed by atoms with Gasteiger partial charge in [-0.1, -0.05) is 30.3 Å². The summed E-state index contributed by atoms with van der Waals surface area (Å²) in [5, 5.41) is 19.3. The van der Waals surface area contributed by atoms with E-state index in [9.17, 15) is 4.79 Å². The lowest BCUT2D eigenvalue weighted by atomic mass is 10.1. The molecule has 1 aromatic carbocycles. The predicted octanol–water partition coefficient (Wildman–Crippen LogP) is 0.0628. The summed E-state index contributed by atoms with van der Waals surface area (Å²) in [6, 6.07) is 9.59. The fourth-order valence-corrected chi connectivity index (χ4v) is 2.77. The molecule has 1 amide bonds. The Hall–Kier alpha value is -3.10. The summed E-state index contributed by atoms with van der Waals surface area (Å²) in [7, 11) is 0. The Kier molecular flexibility index (Phi) is 3.73. The van der Waals surface area contributed by atoms with Crippen LogP contribution in [-0.4, -0.2) is 46.9 Å². The molecular weight excluding hydrogens is 308 g/mol. The van der Waals surface area contributed by atoms with E-state index >= 15 is 0 Å². The molecule has 1 unspecified atom stereocenters. The number of rotatable bonds is 4. The highest BCUT2D eigenvalue weighted by Crippen LogP contribution is 2.12. The predicted molar refractivity (Wildman–Crippen MR) is 83.5 cm³/mol. The van der Waals surface area contributed by atoms with Gasteiger partial charge in [0.05, 0.1) is 6.54 Å². The highest BCUT2D eigenvalue weighted by Gasteiger charge is 2.21. The van der Waals surface area contributed by atoms with E-state index in [-0.39, 0.29) is 18.5 Å². The second-order valence-corrected chi connectivity index (χ2v) is 5.67. The van der Waals surface area contributed by atoms with Crippen LogP contribution in [0, 0.1) is 0 Å². The number of benzene rings is 1. The number of amides is 1. The molecule has 3 heterocycles. The van der Waals surface area contributed by atoms with Gasteiger partial charge in [-0.2, -0.15) is 9.90 Å². The summed E-state index contributed by atoms with van der Waals surface area (Å²) in [6.07, 6.45) is 3.21. The molecule has 1 N–H and O–H groups in total. The quantitative estimate of drug-likeness (QED) is 0.728. The second-order valence-electron chi connectivity index (χ2n) is 5.67. The van der Waals surface area contributed by atoms with Crippen LogP contribution in [0.2, 0.25) is 0 Å². The topological polar surface area (TPSA) is 103 Å². The number of carbonyl (C=O) groups excluding carboxylic acids is 1. The van der Waals surface area contributed by atoms with Crippen molar-refractivity contribution in [3.63, 3.8) is 0 Å². The van der Waals surface area contributed by atoms with E-state index < -0.39 is 0 Å². The van der Waals surface area contributed by atoms with E-state index in [4.69, 9.17) is 0 Å². The molecule has 0 saturated carbocycles. The van der Waals surface area contributed by atoms with Crippen LogP contribution in [0.25, 0.3) is 11.4 Å². The van der Waals surface area contributed by atoms with Gasteiger partial charge < -0.3 is 5.32 Å². The van der Waals surface area contributed by atoms with Gasteiger partial charge in [0, 0.05) is 18.0 Å². The van der Waals surface area contributed by atoms with Gasteiger partial charge in [-0.3, -0.25) is 4.79 Å². The minimum Gasteiger partial charge on any atom is -0.350 e. The summed E-state index contributed by atoms with van der Waals surface area (Å²) in [6.45, 7) is 0.682. The third-order valence-corrected chi connectivity index (χ3v) is 3.94. The highest BCUT2D eigenvalue weighted by molar-refractivity contribution is 5.75. The van der Waals surface area contributed by atoms with Crippen LogP contribution < -0.4 is 5.32 Å². The Bertz CT molecular complexity index is 840. The van der Waals surface area contributed by atoms with Crippen molar-refractivity contribution in [2.45, 2.75) is 32.0 Å². The number of aryl methyl sites for hydroxylation is 1. The maximum Gasteiger partial charge on any atom is 0.243 e. The smallest absolute Gasteiger partial charge is 0.243 e. The van der Waals surface area contributed by atoms with Crippen LogP contribution in [0.3, 0.4) is 0 Å². The molecule has 2 aromatic heterocycles. The number of hydrogen-bond acceptors (Lipinski definition) is 6. The Morgan fingerprint density at radius 2 is 2.17 bits per heavy atom. The molecule has 122 valence electrons. The largest absolute Gasteiger partial charge is 0.350 e. The first-order valence-corrected chi connectivity index (χ1v) is 7.77. The molecule has 0 radical (unpaired) electrons. The molecule has 0 bridgehead atoms. The molecule has 1 atom stereocenters. The van der Waals surface area contributed by atoms with E-state index in [2.05, 4.69) is 30.8 Å². The lowest BCUT2D eigenvalue weighted by Crippen LogP contribution is -2.42. The summed E-state index contributed by atoms with van der Waals surface area (Å²) in [4.78, 5) is 17.7. The first-order valence-electron chi connectivity index (χ1n) is 7.77. The molecule has 24 heavy (non-hydrogen) atoms. The lowest BCUT2D eigenvalue weighted by Gasteiger charge is -2.23. The molecule has 1 aliphatic heterocycles. The summed E-state index contributed by atoms with van der Waals surface area (Å²) < 4.78 is 1.83. The van der Waals surface area contributed by atoms with Crippen molar-refractivity contribution in [2.75, 3.05) is 0 Å². The normalized spacial score (nSPS) is 16.6. The van der Waals surface area contributed by atoms with Crippen LogP contribution in [0.15, 0.2) is 36.7 Å². The van der Waals surface area contributed by atoms with Crippen LogP contribution in [0.5, 0.6) is 0 Å². The SMILES string of the molecule is O=C(Cn1nnc(-c2ccccc2)n1)NC1CCc2ncnn2C1. The van der Waals surface area contributed by atoms with Gasteiger partial charge in [0.15, 0.2) is 0 Å². The fourth-order valence-electron chi connectivity index (χ4n) is 2.77. The number of aromatic nitrogens is 7. The molecule has 9 heteroatoms. The Morgan fingerprint density at radius 3 is 3.04 bits per heavy atom. The monoisotopic (exact) mass is 324 g/mol. The molecule has 9 nitrogen and oxygen atoms in total. The average Bonchev–Trinajstić information content (AvgIpc) is 3.24. The van der Waals surface area contributed by atoms with Crippen molar-refractivity contribution < 1.29 is 4.79 Å². The van der Waals surface area contributed by atoms with Gasteiger partial charge >= 0.3 is 0 Å². The van der Waals surface area contributed by atoms with Gasteiger partial charge in [0.1, 0.15) is 18.7 Å². The first kappa shape index (κ1) is 14.5. The number of hydrogen-bond donors (Lipinski definition) is 1. The summed E-state index contributed by atoms with van der Waals surface area (Å²) in [5.74, 6) is 1.33. The summed E-state index contributed by atoms with van der Waals surface area (Å²) in [5.41, 5.74) is 0.871. The number of nitrogens with zero attached hydrogens (tertiary/aromatic N) is 7. The summed E-state index contributed by atoms with van der Waals surface area (Å²) >= 11 is 0. The molecular formula is C15H16N8O. The van der Waals surface area contributed by atoms with Gasteiger partial charge in [-0.05, 0) is 11.6 Å². The third kappa shape index (κ3) is 3.00. The average molecular weight is 324 g/mol. The van der Waals surface area contributed by atoms with Crippen LogP contribution in [0.4, 0.5) is 0 Å². The van der Waals surface area contributed by atoms with Gasteiger partial charge in [0.25, 0.3) is 0 Å². The van der Waals surface area contributed by atoms with Crippen LogP contribution in [0.1, 0.15) is 12.2 Å². The Labute approximate surface area is 137 Å². The van der Waals surface area contributed by atoms with Crippen molar-refractivity contribution >= 4 is 5.91 Å². The first-order chi connectivity index (χ1) is 11.8. The van der Waals surface area contributed by atoms with Crippen molar-refractivity contribution in [3.05, 3.63) is 42.5 Å². The van der Waals surface area contributed by atoms with Crippen LogP contribution >= 0.6 is 0 Å². The molecule has 0 saturated heterocycles. The molecule has 3 aromatic rings. The molecule has 1 aliphatic rings. The van der Waals surface area contributed by atoms with Crippen molar-refractivity contribution in [2.24, 2.45) is 0 Å². The number of fused-ring (bicyclic) bond motifs is 1. The van der Waals surface area contributed by atoms with E-state index in [1.807, 2.05) is 35.0 Å². The zero-order chi connectivity index (χ0) is 16.4. The third-order valence-electron chi connectivity index (χ3n) is 3.94. The second kappa shape index (κ2) is 6.19. The number of carbonyl (C=O) groups is 1. The van der Waals surface area contributed by atoms with Gasteiger partial charge in [-0.15, -0.1) is 10.2 Å². The molecule has 0 aliphatic carbocycles. The zero-order valence-corrected chi connectivity index (χ0v) is 12.9. The van der Waals surface area contributed by atoms with E-state index in [1.165, 1.54) is 4.80 Å². The molecule has 4 rings (SSSR count). The van der Waals surface area contributed by atoms with Gasteiger partial charge in [-0.25, -0.2) is 9.67 Å². The van der Waals surface area contributed by atoms with Crippen molar-refractivity contribution in [1.82, 2.24) is 40.3 Å². The molecule has 0 spiro atoms. The van der Waals surface area contributed by atoms with E-state index in [1.54, 1.807) is 6.33 Å². The van der Waals surface area contributed by atoms with Gasteiger partial charge in [0.2, 0.25) is 11.7 Å². The maximum absolute atomic E-state index is 12.2. The molecule has 0 fully saturated rings. The van der Waals surface area contributed by atoms with E-state index in [0.29, 0.717) is 12.4 Å².